The Hall–Kier alpha value is -0.530. The predicted molar refractivity (Wildman–Crippen MR) is 62.3 cm³/mol. The average Bonchev–Trinajstić information content (AvgIpc) is 2.51. The summed E-state index contributed by atoms with van der Waals surface area (Å²) in [6.45, 7) is 6.30. The molecule has 0 amide bonds. The Kier molecular flexibility index (Phi) is 4.18. The van der Waals surface area contributed by atoms with E-state index in [0.717, 1.165) is 13.0 Å². The first kappa shape index (κ1) is 12.5. The lowest BCUT2D eigenvalue weighted by Gasteiger charge is -2.11. The van der Waals surface area contributed by atoms with Crippen molar-refractivity contribution >= 4 is 9.84 Å². The second kappa shape index (κ2) is 5.00. The third-order valence-electron chi connectivity index (χ3n) is 2.53. The van der Waals surface area contributed by atoms with E-state index < -0.39 is 9.84 Å². The topological polar surface area (TPSA) is 37.4 Å². The van der Waals surface area contributed by atoms with Gasteiger partial charge in [-0.3, -0.25) is 4.90 Å². The van der Waals surface area contributed by atoms with Gasteiger partial charge in [0.2, 0.25) is 0 Å². The highest BCUT2D eigenvalue weighted by atomic mass is 32.2. The Morgan fingerprint density at radius 1 is 1.47 bits per heavy atom. The minimum Gasteiger partial charge on any atom is -0.291 e. The van der Waals surface area contributed by atoms with E-state index >= 15 is 0 Å². The van der Waals surface area contributed by atoms with Crippen molar-refractivity contribution in [1.29, 1.82) is 0 Å². The first-order chi connectivity index (χ1) is 6.89. The molecule has 0 saturated carbocycles. The first-order valence-corrected chi connectivity index (χ1v) is 7.24. The maximum absolute atomic E-state index is 11.3. The Bertz CT molecular complexity index is 362. The summed E-state index contributed by atoms with van der Waals surface area (Å²) >= 11 is 0. The Morgan fingerprint density at radius 2 is 2.13 bits per heavy atom. The van der Waals surface area contributed by atoms with Crippen LogP contribution in [0.5, 0.6) is 0 Å². The van der Waals surface area contributed by atoms with Crippen molar-refractivity contribution in [2.75, 3.05) is 25.9 Å². The van der Waals surface area contributed by atoms with E-state index in [1.807, 2.05) is 0 Å². The lowest BCUT2D eigenvalue weighted by molar-refractivity contribution is 0.382. The summed E-state index contributed by atoms with van der Waals surface area (Å²) < 4.78 is 22.6. The summed E-state index contributed by atoms with van der Waals surface area (Å²) in [7, 11) is -2.87. The highest BCUT2D eigenvalue weighted by molar-refractivity contribution is 7.91. The third kappa shape index (κ3) is 4.23. The third-order valence-corrected chi connectivity index (χ3v) is 4.12. The quantitative estimate of drug-likeness (QED) is 0.656. The molecule has 1 aliphatic heterocycles. The van der Waals surface area contributed by atoms with Crippen molar-refractivity contribution in [2.45, 2.75) is 25.5 Å². The van der Waals surface area contributed by atoms with E-state index in [9.17, 15) is 8.42 Å². The Labute approximate surface area is 92.8 Å². The molecule has 0 aromatic carbocycles. The van der Waals surface area contributed by atoms with Crippen LogP contribution in [0.15, 0.2) is 0 Å². The predicted octanol–water partition coefficient (Wildman–Crippen LogP) is 0.765. The summed E-state index contributed by atoms with van der Waals surface area (Å²) in [4.78, 5) is 2.11. The smallest absolute Gasteiger partial charge is 0.151 e. The van der Waals surface area contributed by atoms with Gasteiger partial charge < -0.3 is 0 Å². The van der Waals surface area contributed by atoms with Crippen LogP contribution in [0.2, 0.25) is 0 Å². The summed E-state index contributed by atoms with van der Waals surface area (Å²) in [5.41, 5.74) is 0. The van der Waals surface area contributed by atoms with E-state index in [1.54, 1.807) is 0 Å². The van der Waals surface area contributed by atoms with Gasteiger partial charge in [0.15, 0.2) is 9.84 Å². The molecule has 4 heteroatoms. The van der Waals surface area contributed by atoms with Gasteiger partial charge in [-0.25, -0.2) is 8.42 Å². The van der Waals surface area contributed by atoms with Gasteiger partial charge in [0.1, 0.15) is 0 Å². The lowest BCUT2D eigenvalue weighted by Crippen LogP contribution is -2.26. The van der Waals surface area contributed by atoms with Gasteiger partial charge in [0.25, 0.3) is 0 Å². The zero-order valence-corrected chi connectivity index (χ0v) is 10.5. The molecule has 3 nitrogen and oxygen atoms in total. The van der Waals surface area contributed by atoms with Crippen LogP contribution in [0.4, 0.5) is 0 Å². The van der Waals surface area contributed by atoms with Gasteiger partial charge in [-0.2, -0.15) is 0 Å². The molecule has 0 radical (unpaired) electrons. The standard InChI is InChI=1S/C11H19NO2S/c1-10(2)5-4-7-12-8-6-11(9-12)15(3,13)14/h10-11H,6-9H2,1-3H3. The second-order valence-electron chi connectivity index (χ2n) is 4.45. The maximum Gasteiger partial charge on any atom is 0.151 e. The summed E-state index contributed by atoms with van der Waals surface area (Å²) in [6, 6.07) is 0. The number of rotatable bonds is 2. The average molecular weight is 229 g/mol. The number of sulfone groups is 1. The van der Waals surface area contributed by atoms with Crippen molar-refractivity contribution in [3.05, 3.63) is 0 Å². The fourth-order valence-electron chi connectivity index (χ4n) is 1.65. The molecule has 86 valence electrons. The highest BCUT2D eigenvalue weighted by Crippen LogP contribution is 2.15. The Morgan fingerprint density at radius 3 is 2.60 bits per heavy atom. The van der Waals surface area contributed by atoms with Gasteiger partial charge >= 0.3 is 0 Å². The molecular weight excluding hydrogens is 210 g/mol. The molecule has 0 aromatic heterocycles. The van der Waals surface area contributed by atoms with E-state index in [1.165, 1.54) is 6.26 Å². The van der Waals surface area contributed by atoms with Gasteiger partial charge in [-0.05, 0) is 6.42 Å². The van der Waals surface area contributed by atoms with Crippen LogP contribution in [-0.2, 0) is 9.84 Å². The molecule has 0 N–H and O–H groups in total. The van der Waals surface area contributed by atoms with Crippen molar-refractivity contribution in [3.63, 3.8) is 0 Å². The number of likely N-dealkylation sites (tertiary alicyclic amines) is 1. The van der Waals surface area contributed by atoms with Crippen molar-refractivity contribution in [2.24, 2.45) is 5.92 Å². The van der Waals surface area contributed by atoms with Gasteiger partial charge in [-0.1, -0.05) is 25.7 Å². The molecule has 1 fully saturated rings. The van der Waals surface area contributed by atoms with Crippen LogP contribution >= 0.6 is 0 Å². The first-order valence-electron chi connectivity index (χ1n) is 5.29. The summed E-state index contributed by atoms with van der Waals surface area (Å²) in [5.74, 6) is 6.55. The van der Waals surface area contributed by atoms with Crippen LogP contribution in [0.3, 0.4) is 0 Å². The second-order valence-corrected chi connectivity index (χ2v) is 6.78. The molecule has 0 aromatic rings. The van der Waals surface area contributed by atoms with Crippen molar-refractivity contribution < 1.29 is 8.42 Å². The molecule has 0 bridgehead atoms. The SMILES string of the molecule is CC(C)C#CCN1CCC(S(C)(=O)=O)C1. The fraction of sp³-hybridized carbons (Fsp3) is 0.818. The highest BCUT2D eigenvalue weighted by Gasteiger charge is 2.29. The van der Waals surface area contributed by atoms with E-state index in [4.69, 9.17) is 0 Å². The van der Waals surface area contributed by atoms with Crippen molar-refractivity contribution in [1.82, 2.24) is 4.90 Å². The maximum atomic E-state index is 11.3. The molecule has 1 aliphatic rings. The zero-order valence-electron chi connectivity index (χ0n) is 9.66. The zero-order chi connectivity index (χ0) is 11.5. The molecule has 1 atom stereocenters. The lowest BCUT2D eigenvalue weighted by atomic mass is 10.2. The monoisotopic (exact) mass is 229 g/mol. The van der Waals surface area contributed by atoms with Gasteiger partial charge in [0.05, 0.1) is 11.8 Å². The minimum absolute atomic E-state index is 0.182. The van der Waals surface area contributed by atoms with Crippen LogP contribution in [0.25, 0.3) is 0 Å². The molecule has 1 rings (SSSR count). The summed E-state index contributed by atoms with van der Waals surface area (Å²) in [5, 5.41) is -0.182. The van der Waals surface area contributed by atoms with E-state index in [2.05, 4.69) is 30.6 Å². The van der Waals surface area contributed by atoms with Gasteiger partial charge in [0, 0.05) is 25.3 Å². The fourth-order valence-corrected chi connectivity index (χ4v) is 2.67. The molecule has 1 unspecified atom stereocenters. The van der Waals surface area contributed by atoms with Crippen LogP contribution in [0.1, 0.15) is 20.3 Å². The number of nitrogens with zero attached hydrogens (tertiary/aromatic N) is 1. The largest absolute Gasteiger partial charge is 0.291 e. The number of hydrogen-bond donors (Lipinski definition) is 0. The Balaban J connectivity index is 2.42. The molecule has 1 saturated heterocycles. The molecule has 0 spiro atoms. The molecule has 1 heterocycles. The van der Waals surface area contributed by atoms with Crippen LogP contribution in [-0.4, -0.2) is 44.5 Å². The molecule has 15 heavy (non-hydrogen) atoms. The summed E-state index contributed by atoms with van der Waals surface area (Å²) in [6.07, 6.45) is 2.07. The number of hydrogen-bond acceptors (Lipinski definition) is 3. The van der Waals surface area contributed by atoms with Gasteiger partial charge in [-0.15, -0.1) is 0 Å². The minimum atomic E-state index is -2.87. The normalized spacial score (nSPS) is 22.8. The van der Waals surface area contributed by atoms with E-state index in [0.29, 0.717) is 19.0 Å². The van der Waals surface area contributed by atoms with Crippen molar-refractivity contribution in [3.8, 4) is 11.8 Å². The van der Waals surface area contributed by atoms with Crippen LogP contribution in [0, 0.1) is 17.8 Å². The van der Waals surface area contributed by atoms with Crippen LogP contribution < -0.4 is 0 Å². The van der Waals surface area contributed by atoms with E-state index in [-0.39, 0.29) is 5.25 Å². The molecular formula is C11H19NO2S. The molecule has 0 aliphatic carbocycles.